The summed E-state index contributed by atoms with van der Waals surface area (Å²) >= 11 is 1.28. The molecule has 0 spiro atoms. The molecule has 0 bridgehead atoms. The molecule has 1 saturated heterocycles. The number of aromatic nitrogens is 1. The molecular formula is C14H22N2O3S. The Morgan fingerprint density at radius 1 is 1.50 bits per heavy atom. The third-order valence-electron chi connectivity index (χ3n) is 3.58. The molecule has 1 aromatic heterocycles. The number of thiazole rings is 1. The van der Waals surface area contributed by atoms with E-state index in [1.165, 1.54) is 11.3 Å². The van der Waals surface area contributed by atoms with Gasteiger partial charge in [0, 0.05) is 26.8 Å². The molecule has 0 aliphatic carbocycles. The lowest BCUT2D eigenvalue weighted by Crippen LogP contribution is -2.29. The Bertz CT molecular complexity index is 467. The number of carbonyl (C=O) groups is 1. The summed E-state index contributed by atoms with van der Waals surface area (Å²) in [7, 11) is 1.99. The summed E-state index contributed by atoms with van der Waals surface area (Å²) in [6, 6.07) is 0. The maximum atomic E-state index is 11.3. The Kier molecular flexibility index (Phi) is 4.99. The highest BCUT2D eigenvalue weighted by molar-refractivity contribution is 7.17. The number of hydrogen-bond donors (Lipinski definition) is 1. The maximum Gasteiger partial charge on any atom is 0.347 e. The fraction of sp³-hybridized carbons (Fsp3) is 0.714. The molecule has 1 N–H and O–H groups in total. The van der Waals surface area contributed by atoms with Crippen molar-refractivity contribution in [2.75, 3.05) is 31.7 Å². The molecule has 0 atom stereocenters. The van der Waals surface area contributed by atoms with Gasteiger partial charge in [0.15, 0.2) is 5.13 Å². The van der Waals surface area contributed by atoms with E-state index < -0.39 is 5.97 Å². The quantitative estimate of drug-likeness (QED) is 0.905. The van der Waals surface area contributed by atoms with Gasteiger partial charge in [0.1, 0.15) is 4.88 Å². The lowest BCUT2D eigenvalue weighted by Gasteiger charge is -2.26. The number of nitrogens with zero attached hydrogens (tertiary/aromatic N) is 2. The lowest BCUT2D eigenvalue weighted by atomic mass is 10.0. The third-order valence-corrected chi connectivity index (χ3v) is 4.76. The van der Waals surface area contributed by atoms with Crippen LogP contribution in [0, 0.1) is 5.92 Å². The van der Waals surface area contributed by atoms with Gasteiger partial charge in [0.05, 0.1) is 5.69 Å². The molecule has 112 valence electrons. The van der Waals surface area contributed by atoms with Gasteiger partial charge in [-0.05, 0) is 24.7 Å². The van der Waals surface area contributed by atoms with Crippen LogP contribution in [0.15, 0.2) is 0 Å². The van der Waals surface area contributed by atoms with Crippen LogP contribution >= 0.6 is 11.3 Å². The summed E-state index contributed by atoms with van der Waals surface area (Å²) in [5.74, 6) is -0.145. The van der Waals surface area contributed by atoms with Crippen molar-refractivity contribution in [3.8, 4) is 0 Å². The number of anilines is 1. The smallest absolute Gasteiger partial charge is 0.347 e. The number of hydrogen-bond acceptors (Lipinski definition) is 5. The van der Waals surface area contributed by atoms with E-state index in [0.29, 0.717) is 16.5 Å². The fourth-order valence-corrected chi connectivity index (χ4v) is 3.45. The highest BCUT2D eigenvalue weighted by atomic mass is 32.1. The van der Waals surface area contributed by atoms with Crippen LogP contribution in [0.25, 0.3) is 0 Å². The highest BCUT2D eigenvalue weighted by Crippen LogP contribution is 2.31. The predicted octanol–water partition coefficient (Wildman–Crippen LogP) is 2.83. The van der Waals surface area contributed by atoms with Crippen LogP contribution in [0.5, 0.6) is 0 Å². The summed E-state index contributed by atoms with van der Waals surface area (Å²) in [5, 5.41) is 10.1. The van der Waals surface area contributed by atoms with Gasteiger partial charge in [0.2, 0.25) is 0 Å². The number of aromatic carboxylic acids is 1. The van der Waals surface area contributed by atoms with Crippen molar-refractivity contribution in [1.82, 2.24) is 4.98 Å². The van der Waals surface area contributed by atoms with Crippen molar-refractivity contribution in [1.29, 1.82) is 0 Å². The van der Waals surface area contributed by atoms with Crippen molar-refractivity contribution in [3.05, 3.63) is 10.6 Å². The number of carboxylic acid groups (broad SMARTS) is 1. The summed E-state index contributed by atoms with van der Waals surface area (Å²) in [4.78, 5) is 18.3. The first-order valence-electron chi connectivity index (χ1n) is 7.02. The van der Waals surface area contributed by atoms with Crippen LogP contribution in [-0.2, 0) is 4.74 Å². The average molecular weight is 298 g/mol. The van der Waals surface area contributed by atoms with Crippen molar-refractivity contribution in [2.24, 2.45) is 5.92 Å². The van der Waals surface area contributed by atoms with Gasteiger partial charge >= 0.3 is 5.97 Å². The van der Waals surface area contributed by atoms with Gasteiger partial charge in [-0.15, -0.1) is 0 Å². The Balaban J connectivity index is 2.11. The standard InChI is InChI=1S/C14H22N2O3S/c1-9(2)11-12(13(17)18)20-14(15-11)16(3)8-10-4-6-19-7-5-10/h9-10H,4-8H2,1-3H3,(H,17,18). The monoisotopic (exact) mass is 298 g/mol. The van der Waals surface area contributed by atoms with Crippen LogP contribution in [0.3, 0.4) is 0 Å². The van der Waals surface area contributed by atoms with Crippen LogP contribution in [0.1, 0.15) is 48.0 Å². The fourth-order valence-electron chi connectivity index (χ4n) is 2.42. The SMILES string of the molecule is CC(C)c1nc(N(C)CC2CCOCC2)sc1C(=O)O. The van der Waals surface area contributed by atoms with Crippen LogP contribution in [0.4, 0.5) is 5.13 Å². The Hall–Kier alpha value is -1.14. The molecule has 0 amide bonds. The van der Waals surface area contributed by atoms with Crippen molar-refractivity contribution < 1.29 is 14.6 Å². The Labute approximate surface area is 123 Å². The van der Waals surface area contributed by atoms with Gasteiger partial charge in [-0.3, -0.25) is 0 Å². The molecule has 2 rings (SSSR count). The second-order valence-electron chi connectivity index (χ2n) is 5.61. The molecule has 0 saturated carbocycles. The summed E-state index contributed by atoms with van der Waals surface area (Å²) in [5.41, 5.74) is 0.691. The van der Waals surface area contributed by atoms with Crippen molar-refractivity contribution in [2.45, 2.75) is 32.6 Å². The van der Waals surface area contributed by atoms with Gasteiger partial charge < -0.3 is 14.7 Å². The first kappa shape index (κ1) is 15.3. The molecule has 0 radical (unpaired) electrons. The normalized spacial score (nSPS) is 16.6. The van der Waals surface area contributed by atoms with E-state index in [9.17, 15) is 9.90 Å². The molecule has 1 aliphatic heterocycles. The van der Waals surface area contributed by atoms with Crippen molar-refractivity contribution in [3.63, 3.8) is 0 Å². The summed E-state index contributed by atoms with van der Waals surface area (Å²) < 4.78 is 5.36. The minimum atomic E-state index is -0.878. The van der Waals surface area contributed by atoms with Crippen LogP contribution < -0.4 is 4.90 Å². The molecule has 0 aromatic carbocycles. The maximum absolute atomic E-state index is 11.3. The van der Waals surface area contributed by atoms with Gasteiger partial charge in [-0.1, -0.05) is 25.2 Å². The van der Waals surface area contributed by atoms with Gasteiger partial charge in [0.25, 0.3) is 0 Å². The third kappa shape index (κ3) is 3.49. The van der Waals surface area contributed by atoms with E-state index in [1.807, 2.05) is 20.9 Å². The second-order valence-corrected chi connectivity index (χ2v) is 6.58. The van der Waals surface area contributed by atoms with E-state index in [4.69, 9.17) is 4.74 Å². The molecule has 5 nitrogen and oxygen atoms in total. The zero-order valence-corrected chi connectivity index (χ0v) is 13.1. The zero-order valence-electron chi connectivity index (χ0n) is 12.3. The van der Waals surface area contributed by atoms with Crippen LogP contribution in [0.2, 0.25) is 0 Å². The van der Waals surface area contributed by atoms with Gasteiger partial charge in [-0.25, -0.2) is 9.78 Å². The zero-order chi connectivity index (χ0) is 14.7. The summed E-state index contributed by atoms with van der Waals surface area (Å²) in [6.45, 7) is 6.52. The summed E-state index contributed by atoms with van der Waals surface area (Å²) in [6.07, 6.45) is 2.14. The van der Waals surface area contributed by atoms with E-state index in [0.717, 1.165) is 37.7 Å². The first-order chi connectivity index (χ1) is 9.49. The largest absolute Gasteiger partial charge is 0.477 e. The molecule has 2 heterocycles. The predicted molar refractivity (Wildman–Crippen MR) is 80.0 cm³/mol. The lowest BCUT2D eigenvalue weighted by molar-refractivity contribution is 0.0684. The number of carboxylic acids is 1. The minimum Gasteiger partial charge on any atom is -0.477 e. The Morgan fingerprint density at radius 2 is 2.15 bits per heavy atom. The molecule has 0 unspecified atom stereocenters. The average Bonchev–Trinajstić information content (AvgIpc) is 2.85. The molecule has 1 aromatic rings. The highest BCUT2D eigenvalue weighted by Gasteiger charge is 2.23. The molecule has 20 heavy (non-hydrogen) atoms. The van der Waals surface area contributed by atoms with Gasteiger partial charge in [-0.2, -0.15) is 0 Å². The molecular weight excluding hydrogens is 276 g/mol. The van der Waals surface area contributed by atoms with Crippen molar-refractivity contribution >= 4 is 22.4 Å². The molecule has 1 aliphatic rings. The van der Waals surface area contributed by atoms with Crippen LogP contribution in [-0.4, -0.2) is 42.9 Å². The van der Waals surface area contributed by atoms with E-state index >= 15 is 0 Å². The first-order valence-corrected chi connectivity index (χ1v) is 7.83. The van der Waals surface area contributed by atoms with E-state index in [-0.39, 0.29) is 5.92 Å². The second kappa shape index (κ2) is 6.54. The molecule has 6 heteroatoms. The topological polar surface area (TPSA) is 62.7 Å². The molecule has 1 fully saturated rings. The Morgan fingerprint density at radius 3 is 2.65 bits per heavy atom. The van der Waals surface area contributed by atoms with E-state index in [1.54, 1.807) is 0 Å². The number of ether oxygens (including phenoxy) is 1. The number of rotatable bonds is 5. The van der Waals surface area contributed by atoms with E-state index in [2.05, 4.69) is 9.88 Å². The minimum absolute atomic E-state index is 0.127.